The molecule has 0 fully saturated rings. The molecule has 2 rings (SSSR count). The van der Waals surface area contributed by atoms with Gasteiger partial charge in [0.2, 0.25) is 0 Å². The van der Waals surface area contributed by atoms with Crippen molar-refractivity contribution in [2.45, 2.75) is 13.1 Å². The molecular weight excluding hydrogens is 421 g/mol. The smallest absolute Gasteiger partial charge is 1.00 e. The Bertz CT molecular complexity index is 341. The first kappa shape index (κ1) is 24.1. The van der Waals surface area contributed by atoms with Gasteiger partial charge in [-0.05, 0) is 8.07 Å². The molecule has 0 N–H and O–H groups in total. The Kier molecular flexibility index (Phi) is 15.4. The van der Waals surface area contributed by atoms with Crippen LogP contribution < -0.4 is 43.0 Å². The van der Waals surface area contributed by atoms with E-state index in [0.717, 1.165) is 0 Å². The van der Waals surface area contributed by atoms with Crippen molar-refractivity contribution in [3.63, 3.8) is 0 Å². The number of rotatable bonds is 2. The van der Waals surface area contributed by atoms with Crippen LogP contribution in [0.4, 0.5) is 0 Å². The Morgan fingerprint density at radius 3 is 1.47 bits per heavy atom. The predicted molar refractivity (Wildman–Crippen MR) is 74.6 cm³/mol. The fraction of sp³-hybridized carbons (Fsp3) is 0.200. The van der Waals surface area contributed by atoms with Crippen molar-refractivity contribution in [3.8, 4) is 0 Å². The molecule has 0 spiro atoms. The Labute approximate surface area is 165 Å². The van der Waals surface area contributed by atoms with E-state index in [4.69, 9.17) is 0 Å². The van der Waals surface area contributed by atoms with Gasteiger partial charge in [0.1, 0.15) is 0 Å². The Morgan fingerprint density at radius 1 is 0.882 bits per heavy atom. The Hall–Kier alpha value is 2.11. The van der Waals surface area contributed by atoms with E-state index in [0.29, 0.717) is 0 Å². The molecule has 2 heterocycles. The van der Waals surface area contributed by atoms with Gasteiger partial charge in [-0.15, -0.1) is 10.8 Å². The second-order valence-corrected chi connectivity index (χ2v) is 10.3. The van der Waals surface area contributed by atoms with E-state index in [9.17, 15) is 0 Å². The number of hydrogen-bond acceptors (Lipinski definition) is 2. The van der Waals surface area contributed by atoms with Crippen LogP contribution in [0.1, 0.15) is 0 Å². The summed E-state index contributed by atoms with van der Waals surface area (Å²) in [5.41, 5.74) is 0. The van der Waals surface area contributed by atoms with Crippen molar-refractivity contribution in [2.24, 2.45) is 0 Å². The quantitative estimate of drug-likeness (QED) is 0.333. The predicted octanol–water partition coefficient (Wildman–Crippen LogP) is -4.52. The zero-order valence-corrected chi connectivity index (χ0v) is 18.4. The van der Waals surface area contributed by atoms with Crippen molar-refractivity contribution in [1.82, 2.24) is 0 Å². The van der Waals surface area contributed by atoms with Crippen molar-refractivity contribution >= 4 is 85.9 Å². The minimum Gasteiger partial charge on any atom is -1.00 e. The molecule has 0 amide bonds. The fourth-order valence-corrected chi connectivity index (χ4v) is 6.57. The number of halogens is 2. The summed E-state index contributed by atoms with van der Waals surface area (Å²) in [6, 6.07) is 8.45. The van der Waals surface area contributed by atoms with Gasteiger partial charge in [-0.25, -0.2) is 12.1 Å². The van der Waals surface area contributed by atoms with E-state index >= 15 is 0 Å². The summed E-state index contributed by atoms with van der Waals surface area (Å²) in [5.74, 6) is 0. The van der Waals surface area contributed by atoms with Gasteiger partial charge in [0.05, 0.1) is 0 Å². The topological polar surface area (TPSA) is 0 Å². The Balaban J connectivity index is -0.000000490. The molecule has 0 aliphatic carbocycles. The van der Waals surface area contributed by atoms with Crippen molar-refractivity contribution in [1.29, 1.82) is 0 Å². The molecule has 2 aromatic heterocycles. The fourth-order valence-electron chi connectivity index (χ4n) is 1.28. The molecule has 0 nitrogen and oxygen atoms in total. The van der Waals surface area contributed by atoms with Crippen LogP contribution in [0.15, 0.2) is 24.3 Å². The molecular formula is C10H10Br2Mg2S2Si. The van der Waals surface area contributed by atoms with Crippen LogP contribution >= 0.6 is 22.7 Å². The van der Waals surface area contributed by atoms with Gasteiger partial charge in [0.15, 0.2) is 0 Å². The van der Waals surface area contributed by atoms with Gasteiger partial charge in [0.25, 0.3) is 0 Å². The van der Waals surface area contributed by atoms with Gasteiger partial charge in [-0.1, -0.05) is 13.1 Å². The van der Waals surface area contributed by atoms with E-state index in [2.05, 4.69) is 36.0 Å². The third kappa shape index (κ3) is 5.95. The first-order valence-electron chi connectivity index (χ1n) is 4.14. The van der Waals surface area contributed by atoms with Gasteiger partial charge in [-0.3, -0.25) is 0 Å². The van der Waals surface area contributed by atoms with E-state index < -0.39 is 8.07 Å². The van der Waals surface area contributed by atoms with Crippen LogP contribution in [0.5, 0.6) is 0 Å². The third-order valence-electron chi connectivity index (χ3n) is 2.18. The molecule has 0 aliphatic heterocycles. The largest absolute Gasteiger partial charge is 2.00 e. The van der Waals surface area contributed by atoms with E-state index in [1.807, 2.05) is 12.1 Å². The summed E-state index contributed by atoms with van der Waals surface area (Å²) >= 11 is 3.52. The summed E-state index contributed by atoms with van der Waals surface area (Å²) < 4.78 is 3.01. The first-order valence-corrected chi connectivity index (χ1v) is 8.77. The van der Waals surface area contributed by atoms with Crippen LogP contribution in [0.3, 0.4) is 0 Å². The zero-order valence-electron chi connectivity index (χ0n) is 9.80. The molecule has 0 atom stereocenters. The van der Waals surface area contributed by atoms with Crippen molar-refractivity contribution < 1.29 is 34.0 Å². The molecule has 0 saturated heterocycles. The molecule has 0 bridgehead atoms. The zero-order chi connectivity index (χ0) is 9.31. The minimum atomic E-state index is -1.38. The molecule has 0 unspecified atom stereocenters. The summed E-state index contributed by atoms with van der Waals surface area (Å²) in [6.45, 7) is 4.76. The maximum absolute atomic E-state index is 3.17. The van der Waals surface area contributed by atoms with Crippen LogP contribution in [0, 0.1) is 10.8 Å². The third-order valence-corrected chi connectivity index (χ3v) is 9.87. The van der Waals surface area contributed by atoms with E-state index in [1.165, 1.54) is 9.00 Å². The van der Waals surface area contributed by atoms with E-state index in [1.54, 1.807) is 22.7 Å². The molecule has 7 heteroatoms. The number of hydrogen-bond donors (Lipinski definition) is 0. The van der Waals surface area contributed by atoms with Crippen LogP contribution in [-0.4, -0.2) is 54.2 Å². The molecule has 2 aromatic rings. The second-order valence-electron chi connectivity index (χ2n) is 3.46. The van der Waals surface area contributed by atoms with E-state index in [-0.39, 0.29) is 80.1 Å². The summed E-state index contributed by atoms with van der Waals surface area (Å²) in [6.07, 6.45) is 0. The van der Waals surface area contributed by atoms with Crippen molar-refractivity contribution in [2.75, 3.05) is 0 Å². The van der Waals surface area contributed by atoms with Crippen LogP contribution in [0.2, 0.25) is 13.1 Å². The molecule has 0 saturated carbocycles. The second kappa shape index (κ2) is 10.8. The minimum absolute atomic E-state index is 0. The normalized spacial score (nSPS) is 9.06. The number of thiophene rings is 2. The molecule has 0 aromatic carbocycles. The maximum atomic E-state index is 3.17. The van der Waals surface area contributed by atoms with Gasteiger partial charge < -0.3 is 56.6 Å². The Morgan fingerprint density at radius 2 is 1.24 bits per heavy atom. The average Bonchev–Trinajstić information content (AvgIpc) is 2.78. The van der Waals surface area contributed by atoms with Gasteiger partial charge >= 0.3 is 46.1 Å². The average molecular weight is 431 g/mol. The summed E-state index contributed by atoms with van der Waals surface area (Å²) in [7, 11) is -1.38. The first-order chi connectivity index (χ1) is 6.21. The SMILES string of the molecule is C[Si](C)(c1cc[c-]s1)c1cc[c-]s1.[Br-].[Br-].[Mg+2].[Mg+2]. The van der Waals surface area contributed by atoms with Crippen LogP contribution in [-0.2, 0) is 0 Å². The van der Waals surface area contributed by atoms with Crippen molar-refractivity contribution in [3.05, 3.63) is 35.0 Å². The molecule has 0 radical (unpaired) electrons. The van der Waals surface area contributed by atoms with Crippen LogP contribution in [0.25, 0.3) is 0 Å². The molecule has 0 aliphatic rings. The van der Waals surface area contributed by atoms with Gasteiger partial charge in [-0.2, -0.15) is 21.1 Å². The summed E-state index contributed by atoms with van der Waals surface area (Å²) in [5, 5.41) is 6.34. The summed E-state index contributed by atoms with van der Waals surface area (Å²) in [4.78, 5) is 0. The molecule has 84 valence electrons. The standard InChI is InChI=1S/C10H10S2Si.2BrH.2Mg/c1-13(2,9-5-3-7-11-9)10-6-4-8-12-10;;;;/h3-6H,1-2H3;2*1H;;/q-2;;;2*+2/p-2. The molecule has 17 heavy (non-hydrogen) atoms. The maximum Gasteiger partial charge on any atom is 2.00 e. The monoisotopic (exact) mass is 428 g/mol. The van der Waals surface area contributed by atoms with Gasteiger partial charge in [0, 0.05) is 0 Å².